The van der Waals surface area contributed by atoms with Gasteiger partial charge in [0, 0.05) is 25.4 Å². The molecule has 0 aromatic rings. The molecular weight excluding hydrogens is 168 g/mol. The summed E-state index contributed by atoms with van der Waals surface area (Å²) in [4.78, 5) is 22.0. The van der Waals surface area contributed by atoms with E-state index in [9.17, 15) is 9.59 Å². The quantitative estimate of drug-likeness (QED) is 0.648. The summed E-state index contributed by atoms with van der Waals surface area (Å²) in [5.41, 5.74) is 0. The standard InChI is InChI=1S/C9H18N2O2/c1-4-10-8(12)5-6-11-9(13)7(2)3/h7H,4-6H2,1-3H3,(H,10,12)(H,11,13). The van der Waals surface area contributed by atoms with E-state index in [0.29, 0.717) is 19.5 Å². The van der Waals surface area contributed by atoms with Gasteiger partial charge in [-0.1, -0.05) is 13.8 Å². The van der Waals surface area contributed by atoms with E-state index in [4.69, 9.17) is 0 Å². The number of rotatable bonds is 5. The van der Waals surface area contributed by atoms with Gasteiger partial charge in [-0.2, -0.15) is 0 Å². The largest absolute Gasteiger partial charge is 0.356 e. The van der Waals surface area contributed by atoms with Gasteiger partial charge in [0.25, 0.3) is 0 Å². The summed E-state index contributed by atoms with van der Waals surface area (Å²) in [6.07, 6.45) is 0.353. The summed E-state index contributed by atoms with van der Waals surface area (Å²) >= 11 is 0. The lowest BCUT2D eigenvalue weighted by atomic mass is 10.2. The lowest BCUT2D eigenvalue weighted by Crippen LogP contribution is -2.32. The number of hydrogen-bond acceptors (Lipinski definition) is 2. The van der Waals surface area contributed by atoms with E-state index in [0.717, 1.165) is 0 Å². The Balaban J connectivity index is 3.45. The molecule has 2 amide bonds. The molecule has 0 aromatic heterocycles. The number of hydrogen-bond donors (Lipinski definition) is 2. The fourth-order valence-corrected chi connectivity index (χ4v) is 0.789. The summed E-state index contributed by atoms with van der Waals surface area (Å²) in [5, 5.41) is 5.33. The van der Waals surface area contributed by atoms with Crippen LogP contribution in [0.3, 0.4) is 0 Å². The normalized spacial score (nSPS) is 9.85. The monoisotopic (exact) mass is 186 g/mol. The molecule has 0 rings (SSSR count). The molecule has 4 nitrogen and oxygen atoms in total. The minimum absolute atomic E-state index is 0.00991. The van der Waals surface area contributed by atoms with Gasteiger partial charge in [0.1, 0.15) is 0 Å². The molecule has 0 bridgehead atoms. The second-order valence-electron chi connectivity index (χ2n) is 3.15. The Morgan fingerprint density at radius 3 is 2.31 bits per heavy atom. The molecule has 0 radical (unpaired) electrons. The second kappa shape index (κ2) is 6.46. The third-order valence-electron chi connectivity index (χ3n) is 1.55. The summed E-state index contributed by atoms with van der Waals surface area (Å²) in [5.74, 6) is -0.0508. The first-order chi connectivity index (χ1) is 6.07. The molecule has 2 N–H and O–H groups in total. The molecule has 0 unspecified atom stereocenters. The van der Waals surface area contributed by atoms with Gasteiger partial charge in [-0.3, -0.25) is 9.59 Å². The van der Waals surface area contributed by atoms with Crippen molar-refractivity contribution in [2.75, 3.05) is 13.1 Å². The Morgan fingerprint density at radius 2 is 1.85 bits per heavy atom. The van der Waals surface area contributed by atoms with Crippen LogP contribution in [0.25, 0.3) is 0 Å². The number of amides is 2. The molecule has 0 heterocycles. The van der Waals surface area contributed by atoms with E-state index in [1.165, 1.54) is 0 Å². The first kappa shape index (κ1) is 11.9. The zero-order chi connectivity index (χ0) is 10.3. The van der Waals surface area contributed by atoms with E-state index in [1.54, 1.807) is 0 Å². The van der Waals surface area contributed by atoms with Gasteiger partial charge < -0.3 is 10.6 Å². The van der Waals surface area contributed by atoms with E-state index in [1.807, 2.05) is 20.8 Å². The third-order valence-corrected chi connectivity index (χ3v) is 1.55. The maximum atomic E-state index is 11.0. The highest BCUT2D eigenvalue weighted by atomic mass is 16.2. The Labute approximate surface area is 79.1 Å². The lowest BCUT2D eigenvalue weighted by Gasteiger charge is -2.06. The Bertz CT molecular complexity index is 178. The van der Waals surface area contributed by atoms with Gasteiger partial charge >= 0.3 is 0 Å². The van der Waals surface area contributed by atoms with Gasteiger partial charge in [-0.25, -0.2) is 0 Å². The molecule has 0 aliphatic rings. The van der Waals surface area contributed by atoms with Crippen LogP contribution >= 0.6 is 0 Å². The van der Waals surface area contributed by atoms with Crippen LogP contribution < -0.4 is 10.6 Å². The van der Waals surface area contributed by atoms with Gasteiger partial charge in [0.05, 0.1) is 0 Å². The van der Waals surface area contributed by atoms with Gasteiger partial charge in [-0.05, 0) is 6.92 Å². The smallest absolute Gasteiger partial charge is 0.222 e. The van der Waals surface area contributed by atoms with Gasteiger partial charge in [0.15, 0.2) is 0 Å². The van der Waals surface area contributed by atoms with Crippen molar-refractivity contribution in [1.29, 1.82) is 0 Å². The van der Waals surface area contributed by atoms with Crippen molar-refractivity contribution in [1.82, 2.24) is 10.6 Å². The molecule has 0 spiro atoms. The maximum Gasteiger partial charge on any atom is 0.222 e. The molecule has 0 aromatic carbocycles. The average molecular weight is 186 g/mol. The Morgan fingerprint density at radius 1 is 1.23 bits per heavy atom. The highest BCUT2D eigenvalue weighted by Crippen LogP contribution is 1.90. The van der Waals surface area contributed by atoms with Crippen LogP contribution in [-0.4, -0.2) is 24.9 Å². The SMILES string of the molecule is CCNC(=O)CCNC(=O)C(C)C. The highest BCUT2D eigenvalue weighted by Gasteiger charge is 2.06. The molecule has 0 saturated heterocycles. The van der Waals surface area contributed by atoms with Crippen molar-refractivity contribution < 1.29 is 9.59 Å². The molecule has 0 aliphatic heterocycles. The number of carbonyl (C=O) groups is 2. The van der Waals surface area contributed by atoms with Crippen molar-refractivity contribution in [3.63, 3.8) is 0 Å². The first-order valence-corrected chi connectivity index (χ1v) is 4.62. The van der Waals surface area contributed by atoms with E-state index in [2.05, 4.69) is 10.6 Å². The molecule has 76 valence electrons. The van der Waals surface area contributed by atoms with Crippen LogP contribution in [0.1, 0.15) is 27.2 Å². The van der Waals surface area contributed by atoms with Crippen LogP contribution in [0.5, 0.6) is 0 Å². The van der Waals surface area contributed by atoms with Crippen LogP contribution in [0, 0.1) is 5.92 Å². The van der Waals surface area contributed by atoms with Crippen molar-refractivity contribution in [3.8, 4) is 0 Å². The van der Waals surface area contributed by atoms with Gasteiger partial charge in [0.2, 0.25) is 11.8 Å². The van der Waals surface area contributed by atoms with Crippen LogP contribution in [0.15, 0.2) is 0 Å². The average Bonchev–Trinajstić information content (AvgIpc) is 2.04. The van der Waals surface area contributed by atoms with Crippen molar-refractivity contribution >= 4 is 11.8 Å². The number of nitrogens with one attached hydrogen (secondary N) is 2. The lowest BCUT2D eigenvalue weighted by molar-refractivity contribution is -0.124. The van der Waals surface area contributed by atoms with E-state index in [-0.39, 0.29) is 17.7 Å². The molecular formula is C9H18N2O2. The fourth-order valence-electron chi connectivity index (χ4n) is 0.789. The Kier molecular flexibility index (Phi) is 5.93. The molecule has 0 fully saturated rings. The molecule has 0 saturated carbocycles. The predicted octanol–water partition coefficient (Wildman–Crippen LogP) is 0.285. The van der Waals surface area contributed by atoms with Crippen molar-refractivity contribution in [2.24, 2.45) is 5.92 Å². The third kappa shape index (κ3) is 6.13. The zero-order valence-corrected chi connectivity index (χ0v) is 8.52. The summed E-state index contributed by atoms with van der Waals surface area (Å²) in [6.45, 7) is 6.56. The van der Waals surface area contributed by atoms with Gasteiger partial charge in [-0.15, -0.1) is 0 Å². The van der Waals surface area contributed by atoms with Crippen molar-refractivity contribution in [3.05, 3.63) is 0 Å². The minimum atomic E-state index is -0.0217. The molecule has 0 aliphatic carbocycles. The summed E-state index contributed by atoms with van der Waals surface area (Å²) in [7, 11) is 0. The fraction of sp³-hybridized carbons (Fsp3) is 0.778. The van der Waals surface area contributed by atoms with Crippen molar-refractivity contribution in [2.45, 2.75) is 27.2 Å². The zero-order valence-electron chi connectivity index (χ0n) is 8.52. The Hall–Kier alpha value is -1.06. The van der Waals surface area contributed by atoms with E-state index < -0.39 is 0 Å². The molecule has 4 heteroatoms. The van der Waals surface area contributed by atoms with Crippen LogP contribution in [0.2, 0.25) is 0 Å². The van der Waals surface area contributed by atoms with Crippen LogP contribution in [-0.2, 0) is 9.59 Å². The first-order valence-electron chi connectivity index (χ1n) is 4.62. The predicted molar refractivity (Wildman–Crippen MR) is 51.1 cm³/mol. The second-order valence-corrected chi connectivity index (χ2v) is 3.15. The maximum absolute atomic E-state index is 11.0. The minimum Gasteiger partial charge on any atom is -0.356 e. The van der Waals surface area contributed by atoms with Crippen LogP contribution in [0.4, 0.5) is 0 Å². The summed E-state index contributed by atoms with van der Waals surface area (Å²) in [6, 6.07) is 0. The summed E-state index contributed by atoms with van der Waals surface area (Å²) < 4.78 is 0. The topological polar surface area (TPSA) is 58.2 Å². The van der Waals surface area contributed by atoms with E-state index >= 15 is 0 Å². The highest BCUT2D eigenvalue weighted by molar-refractivity contribution is 5.79. The molecule has 13 heavy (non-hydrogen) atoms. The number of carbonyl (C=O) groups excluding carboxylic acids is 2. The molecule has 0 atom stereocenters.